The van der Waals surface area contributed by atoms with Crippen LogP contribution in [0.3, 0.4) is 0 Å². The average molecular weight is 190 g/mol. The summed E-state index contributed by atoms with van der Waals surface area (Å²) in [5.41, 5.74) is -1.59. The van der Waals surface area contributed by atoms with E-state index in [1.54, 1.807) is 0 Å². The van der Waals surface area contributed by atoms with Crippen LogP contribution in [0.1, 0.15) is 6.42 Å². The summed E-state index contributed by atoms with van der Waals surface area (Å²) < 4.78 is 0. The van der Waals surface area contributed by atoms with Crippen molar-refractivity contribution in [1.29, 1.82) is 0 Å². The molecule has 0 heterocycles. The Balaban J connectivity index is 2.88. The summed E-state index contributed by atoms with van der Waals surface area (Å²) in [6.07, 6.45) is -4.43. The highest BCUT2D eigenvalue weighted by molar-refractivity contribution is 5.18. The minimum absolute atomic E-state index is 0.122. The summed E-state index contributed by atoms with van der Waals surface area (Å²) >= 11 is 0. The lowest BCUT2D eigenvalue weighted by atomic mass is 9.77. The van der Waals surface area contributed by atoms with Crippen molar-refractivity contribution in [3.63, 3.8) is 0 Å². The number of aliphatic hydroxyl groups is 5. The molecule has 0 bridgehead atoms. The molecule has 0 saturated heterocycles. The second-order valence-electron chi connectivity index (χ2n) is 3.48. The molecule has 3 unspecified atom stereocenters. The largest absolute Gasteiger partial charge is 0.393 e. The van der Waals surface area contributed by atoms with Gasteiger partial charge in [-0.2, -0.15) is 0 Å². The minimum Gasteiger partial charge on any atom is -0.393 e. The van der Waals surface area contributed by atoms with E-state index < -0.39 is 30.5 Å². The van der Waals surface area contributed by atoms with E-state index in [0.717, 1.165) is 0 Å². The van der Waals surface area contributed by atoms with Crippen molar-refractivity contribution in [2.45, 2.75) is 30.3 Å². The molecular weight excluding hydrogens is 176 g/mol. The highest BCUT2D eigenvalue weighted by Crippen LogP contribution is 2.31. The van der Waals surface area contributed by atoms with E-state index in [2.05, 4.69) is 6.58 Å². The van der Waals surface area contributed by atoms with Crippen LogP contribution in [-0.4, -0.2) is 56.1 Å². The maximum atomic E-state index is 9.58. The molecule has 1 rings (SSSR count). The first-order chi connectivity index (χ1) is 5.92. The fourth-order valence-corrected chi connectivity index (χ4v) is 1.48. The van der Waals surface area contributed by atoms with Gasteiger partial charge in [0.1, 0.15) is 23.9 Å². The van der Waals surface area contributed by atoms with Crippen LogP contribution < -0.4 is 0 Å². The molecule has 5 N–H and O–H groups in total. The topological polar surface area (TPSA) is 101 Å². The van der Waals surface area contributed by atoms with Gasteiger partial charge in [0.15, 0.2) is 0 Å². The Morgan fingerprint density at radius 1 is 1.38 bits per heavy atom. The van der Waals surface area contributed by atoms with Crippen molar-refractivity contribution in [3.8, 4) is 0 Å². The third kappa shape index (κ3) is 1.61. The van der Waals surface area contributed by atoms with Gasteiger partial charge in [-0.1, -0.05) is 6.58 Å². The molecule has 1 saturated carbocycles. The van der Waals surface area contributed by atoms with Crippen LogP contribution in [0.25, 0.3) is 0 Å². The molecule has 0 amide bonds. The first kappa shape index (κ1) is 10.6. The number of hydrogen-bond donors (Lipinski definition) is 5. The first-order valence-corrected chi connectivity index (χ1v) is 3.97. The molecule has 5 nitrogen and oxygen atoms in total. The van der Waals surface area contributed by atoms with Gasteiger partial charge in [0.05, 0.1) is 6.61 Å². The summed E-state index contributed by atoms with van der Waals surface area (Å²) in [7, 11) is 0. The van der Waals surface area contributed by atoms with Crippen LogP contribution in [0.5, 0.6) is 0 Å². The fourth-order valence-electron chi connectivity index (χ4n) is 1.48. The van der Waals surface area contributed by atoms with Crippen molar-refractivity contribution in [1.82, 2.24) is 0 Å². The average Bonchev–Trinajstić information content (AvgIpc) is 2.12. The van der Waals surface area contributed by atoms with Gasteiger partial charge in [0.2, 0.25) is 0 Å². The van der Waals surface area contributed by atoms with Gasteiger partial charge in [0.25, 0.3) is 0 Å². The van der Waals surface area contributed by atoms with Crippen molar-refractivity contribution in [3.05, 3.63) is 12.2 Å². The van der Waals surface area contributed by atoms with Crippen LogP contribution in [0.2, 0.25) is 0 Å². The molecule has 0 aromatic heterocycles. The zero-order valence-corrected chi connectivity index (χ0v) is 7.09. The zero-order chi connectivity index (χ0) is 10.2. The number of aliphatic hydroxyl groups excluding tert-OH is 4. The second-order valence-corrected chi connectivity index (χ2v) is 3.48. The number of hydrogen-bond acceptors (Lipinski definition) is 5. The normalized spacial score (nSPS) is 46.5. The van der Waals surface area contributed by atoms with E-state index in [1.807, 2.05) is 0 Å². The molecule has 0 radical (unpaired) electrons. The molecule has 1 aliphatic rings. The molecule has 1 aliphatic carbocycles. The van der Waals surface area contributed by atoms with Gasteiger partial charge in [-0.3, -0.25) is 0 Å². The highest BCUT2D eigenvalue weighted by atomic mass is 16.4. The van der Waals surface area contributed by atoms with Crippen molar-refractivity contribution in [2.24, 2.45) is 0 Å². The Kier molecular flexibility index (Phi) is 2.74. The SMILES string of the molecule is C=C1CC(O)(CO)[C@@H](O)C(O)C1O. The van der Waals surface area contributed by atoms with Gasteiger partial charge in [-0.05, 0) is 5.57 Å². The summed E-state index contributed by atoms with van der Waals surface area (Å²) in [5, 5.41) is 46.2. The van der Waals surface area contributed by atoms with Gasteiger partial charge >= 0.3 is 0 Å². The summed E-state index contributed by atoms with van der Waals surface area (Å²) in [6.45, 7) is 2.75. The molecule has 13 heavy (non-hydrogen) atoms. The molecule has 5 heteroatoms. The van der Waals surface area contributed by atoms with E-state index in [-0.39, 0.29) is 12.0 Å². The number of rotatable bonds is 1. The van der Waals surface area contributed by atoms with Crippen LogP contribution in [-0.2, 0) is 0 Å². The van der Waals surface area contributed by atoms with Crippen LogP contribution in [0.15, 0.2) is 12.2 Å². The molecule has 0 aromatic carbocycles. The van der Waals surface area contributed by atoms with E-state index in [9.17, 15) is 20.4 Å². The molecule has 0 aliphatic heterocycles. The Morgan fingerprint density at radius 3 is 2.38 bits per heavy atom. The fraction of sp³-hybridized carbons (Fsp3) is 0.750. The Labute approximate surface area is 75.6 Å². The Morgan fingerprint density at radius 2 is 1.92 bits per heavy atom. The summed E-state index contributed by atoms with van der Waals surface area (Å²) in [4.78, 5) is 0. The van der Waals surface area contributed by atoms with E-state index in [4.69, 9.17) is 5.11 Å². The molecule has 1 fully saturated rings. The van der Waals surface area contributed by atoms with E-state index in [0.29, 0.717) is 0 Å². The van der Waals surface area contributed by atoms with Crippen LogP contribution in [0.4, 0.5) is 0 Å². The van der Waals surface area contributed by atoms with Crippen molar-refractivity contribution < 1.29 is 25.5 Å². The highest BCUT2D eigenvalue weighted by Gasteiger charge is 2.48. The van der Waals surface area contributed by atoms with Crippen molar-refractivity contribution >= 4 is 0 Å². The lowest BCUT2D eigenvalue weighted by Crippen LogP contribution is -2.59. The summed E-state index contributed by atoms with van der Waals surface area (Å²) in [5.74, 6) is 0. The lowest BCUT2D eigenvalue weighted by Gasteiger charge is -2.41. The zero-order valence-electron chi connectivity index (χ0n) is 7.09. The Hall–Kier alpha value is -0.460. The maximum absolute atomic E-state index is 9.58. The smallest absolute Gasteiger partial charge is 0.120 e. The molecule has 4 atom stereocenters. The van der Waals surface area contributed by atoms with Gasteiger partial charge in [-0.15, -0.1) is 0 Å². The lowest BCUT2D eigenvalue weighted by molar-refractivity contribution is -0.181. The van der Waals surface area contributed by atoms with Crippen molar-refractivity contribution in [2.75, 3.05) is 6.61 Å². The predicted molar refractivity (Wildman–Crippen MR) is 43.8 cm³/mol. The monoisotopic (exact) mass is 190 g/mol. The third-order valence-electron chi connectivity index (χ3n) is 2.42. The molecular formula is C8H14O5. The molecule has 76 valence electrons. The first-order valence-electron chi connectivity index (χ1n) is 3.97. The maximum Gasteiger partial charge on any atom is 0.120 e. The van der Waals surface area contributed by atoms with E-state index >= 15 is 0 Å². The van der Waals surface area contributed by atoms with Crippen LogP contribution >= 0.6 is 0 Å². The van der Waals surface area contributed by atoms with Crippen LogP contribution in [0, 0.1) is 0 Å². The third-order valence-corrected chi connectivity index (χ3v) is 2.42. The van der Waals surface area contributed by atoms with Gasteiger partial charge in [0, 0.05) is 6.42 Å². The van der Waals surface area contributed by atoms with E-state index in [1.165, 1.54) is 0 Å². The summed E-state index contributed by atoms with van der Waals surface area (Å²) in [6, 6.07) is 0. The minimum atomic E-state index is -1.80. The van der Waals surface area contributed by atoms with Gasteiger partial charge < -0.3 is 25.5 Å². The van der Waals surface area contributed by atoms with Gasteiger partial charge in [-0.25, -0.2) is 0 Å². The standard InChI is InChI=1S/C8H14O5/c1-4-2-8(13,3-9)7(12)6(11)5(4)10/h5-7,9-13H,1-3H2/t5?,6?,7-,8?/m0/s1. The quantitative estimate of drug-likeness (QED) is 0.301. The predicted octanol–water partition coefficient (Wildman–Crippen LogP) is -2.25. The second kappa shape index (κ2) is 3.36. The molecule has 0 spiro atoms. The Bertz CT molecular complexity index is 217. The molecule has 0 aromatic rings.